The Kier molecular flexibility index (Phi) is 5.98. The van der Waals surface area contributed by atoms with E-state index >= 15 is 0 Å². The largest absolute Gasteiger partial charge is 0.494 e. The predicted molar refractivity (Wildman–Crippen MR) is 119 cm³/mol. The fourth-order valence-electron chi connectivity index (χ4n) is 4.26. The van der Waals surface area contributed by atoms with Crippen LogP contribution in [0.2, 0.25) is 0 Å². The molecule has 0 aliphatic carbocycles. The van der Waals surface area contributed by atoms with Gasteiger partial charge >= 0.3 is 0 Å². The van der Waals surface area contributed by atoms with E-state index in [1.165, 1.54) is 6.92 Å². The van der Waals surface area contributed by atoms with Gasteiger partial charge in [-0.1, -0.05) is 24.3 Å². The molecule has 0 unspecified atom stereocenters. The lowest BCUT2D eigenvalue weighted by molar-refractivity contribution is -0.130. The molecule has 6 nitrogen and oxygen atoms in total. The summed E-state index contributed by atoms with van der Waals surface area (Å²) >= 11 is 0. The van der Waals surface area contributed by atoms with Gasteiger partial charge in [0.15, 0.2) is 0 Å². The molecule has 1 N–H and O–H groups in total. The number of hydrogen-bond acceptors (Lipinski definition) is 4. The summed E-state index contributed by atoms with van der Waals surface area (Å²) in [6, 6.07) is 11.5. The van der Waals surface area contributed by atoms with Gasteiger partial charge in [0, 0.05) is 37.2 Å². The average molecular weight is 421 g/mol. The second-order valence-corrected chi connectivity index (χ2v) is 8.00. The van der Waals surface area contributed by atoms with Crippen LogP contribution in [0, 0.1) is 0 Å². The maximum Gasteiger partial charge on any atom is 0.223 e. The highest BCUT2D eigenvalue weighted by molar-refractivity contribution is 5.81. The van der Waals surface area contributed by atoms with Gasteiger partial charge in [0.25, 0.3) is 0 Å². The molecule has 0 fully saturated rings. The van der Waals surface area contributed by atoms with Crippen LogP contribution in [-0.2, 0) is 22.6 Å². The van der Waals surface area contributed by atoms with Gasteiger partial charge in [-0.05, 0) is 43.2 Å². The lowest BCUT2D eigenvalue weighted by atomic mass is 9.93. The zero-order valence-corrected chi connectivity index (χ0v) is 18.2. The zero-order chi connectivity index (χ0) is 22.0. The molecule has 4 rings (SSSR count). The summed E-state index contributed by atoms with van der Waals surface area (Å²) in [6.45, 7) is 6.39. The fourth-order valence-corrected chi connectivity index (χ4v) is 4.26. The van der Waals surface area contributed by atoms with Crippen LogP contribution in [0.1, 0.15) is 55.5 Å². The highest BCUT2D eigenvalue weighted by Crippen LogP contribution is 2.36. The van der Waals surface area contributed by atoms with E-state index in [-0.39, 0.29) is 30.4 Å². The van der Waals surface area contributed by atoms with E-state index in [0.29, 0.717) is 13.2 Å². The molecule has 0 bridgehead atoms. The van der Waals surface area contributed by atoms with Gasteiger partial charge < -0.3 is 19.7 Å². The first-order chi connectivity index (χ1) is 15.0. The molecule has 2 aliphatic heterocycles. The van der Waals surface area contributed by atoms with Crippen LogP contribution in [0.25, 0.3) is 6.08 Å². The maximum absolute atomic E-state index is 12.9. The minimum atomic E-state index is -0.325. The molecule has 6 heteroatoms. The highest BCUT2D eigenvalue weighted by Gasteiger charge is 2.28. The van der Waals surface area contributed by atoms with Gasteiger partial charge in [0.2, 0.25) is 11.8 Å². The van der Waals surface area contributed by atoms with E-state index < -0.39 is 0 Å². The first-order valence-corrected chi connectivity index (χ1v) is 10.7. The van der Waals surface area contributed by atoms with Crippen molar-refractivity contribution in [2.45, 2.75) is 52.3 Å². The Morgan fingerprint density at radius 1 is 1.26 bits per heavy atom. The van der Waals surface area contributed by atoms with Crippen molar-refractivity contribution in [3.05, 3.63) is 64.9 Å². The van der Waals surface area contributed by atoms with Crippen LogP contribution in [-0.4, -0.2) is 29.4 Å². The molecule has 2 amide bonds. The quantitative estimate of drug-likeness (QED) is 0.767. The summed E-state index contributed by atoms with van der Waals surface area (Å²) in [6.07, 6.45) is 4.85. The molecular weight excluding hydrogens is 392 g/mol. The average Bonchev–Trinajstić information content (AvgIpc) is 3.11. The smallest absolute Gasteiger partial charge is 0.223 e. The Morgan fingerprint density at radius 2 is 2.06 bits per heavy atom. The van der Waals surface area contributed by atoms with Crippen molar-refractivity contribution < 1.29 is 19.1 Å². The lowest BCUT2D eigenvalue weighted by Gasteiger charge is -2.32. The number of hydrogen-bond donors (Lipinski definition) is 1. The normalized spacial score (nSPS) is 18.7. The zero-order valence-electron chi connectivity index (χ0n) is 18.2. The molecule has 31 heavy (non-hydrogen) atoms. The first-order valence-electron chi connectivity index (χ1n) is 10.7. The summed E-state index contributed by atoms with van der Waals surface area (Å²) in [5, 5.41) is 3.00. The molecule has 2 atom stereocenters. The van der Waals surface area contributed by atoms with E-state index in [1.807, 2.05) is 56.3 Å². The van der Waals surface area contributed by atoms with E-state index in [0.717, 1.165) is 40.2 Å². The number of ether oxygens (including phenoxy) is 2. The summed E-state index contributed by atoms with van der Waals surface area (Å²) in [5.74, 6) is 1.41. The second-order valence-electron chi connectivity index (χ2n) is 8.00. The molecule has 0 radical (unpaired) electrons. The van der Waals surface area contributed by atoms with Crippen LogP contribution in [0.3, 0.4) is 0 Å². The van der Waals surface area contributed by atoms with Crippen molar-refractivity contribution in [3.8, 4) is 11.5 Å². The molecule has 0 spiro atoms. The van der Waals surface area contributed by atoms with Crippen LogP contribution >= 0.6 is 0 Å². The van der Waals surface area contributed by atoms with Crippen molar-refractivity contribution in [1.82, 2.24) is 10.2 Å². The number of amides is 2. The first kappa shape index (κ1) is 21.0. The Labute approximate surface area is 182 Å². The van der Waals surface area contributed by atoms with Gasteiger partial charge in [-0.3, -0.25) is 9.59 Å². The van der Waals surface area contributed by atoms with E-state index in [9.17, 15) is 9.59 Å². The highest BCUT2D eigenvalue weighted by atomic mass is 16.5. The van der Waals surface area contributed by atoms with Crippen molar-refractivity contribution in [2.24, 2.45) is 0 Å². The molecule has 162 valence electrons. The lowest BCUT2D eigenvalue weighted by Crippen LogP contribution is -2.35. The van der Waals surface area contributed by atoms with Gasteiger partial charge in [0.05, 0.1) is 19.1 Å². The summed E-state index contributed by atoms with van der Waals surface area (Å²) in [7, 11) is 0. The Balaban J connectivity index is 1.49. The number of nitrogens with zero attached hydrogens (tertiary/aromatic N) is 1. The monoisotopic (exact) mass is 420 g/mol. The topological polar surface area (TPSA) is 67.9 Å². The Bertz CT molecular complexity index is 1030. The van der Waals surface area contributed by atoms with Gasteiger partial charge in [-0.25, -0.2) is 0 Å². The summed E-state index contributed by atoms with van der Waals surface area (Å²) in [5.41, 5.74) is 4.02. The van der Waals surface area contributed by atoms with Crippen molar-refractivity contribution in [2.75, 3.05) is 6.61 Å². The molecule has 2 aromatic carbocycles. The van der Waals surface area contributed by atoms with Crippen LogP contribution < -0.4 is 14.8 Å². The number of fused-ring (bicyclic) bond motifs is 2. The van der Waals surface area contributed by atoms with Gasteiger partial charge in [-0.15, -0.1) is 0 Å². The van der Waals surface area contributed by atoms with Crippen molar-refractivity contribution in [1.29, 1.82) is 0 Å². The van der Waals surface area contributed by atoms with E-state index in [1.54, 1.807) is 11.1 Å². The number of carbonyl (C=O) groups excluding carboxylic acids is 2. The number of carbonyl (C=O) groups is 2. The Hall–Kier alpha value is -3.28. The summed E-state index contributed by atoms with van der Waals surface area (Å²) in [4.78, 5) is 26.6. The van der Waals surface area contributed by atoms with Gasteiger partial charge in [0.1, 0.15) is 17.6 Å². The molecule has 0 saturated heterocycles. The number of rotatable bonds is 6. The third-order valence-electron chi connectivity index (χ3n) is 5.70. The predicted octanol–water partition coefficient (Wildman–Crippen LogP) is 3.99. The van der Waals surface area contributed by atoms with Crippen LogP contribution in [0.5, 0.6) is 11.5 Å². The molecule has 0 saturated carbocycles. The minimum absolute atomic E-state index is 0.0907. The molecular formula is C25H28N2O4. The standard InChI is InChI=1S/C25H28N2O4/c1-4-30-23-12-19-11-16(2)31-24(19)13-20(23)15-26-25(29)14-22-21-8-6-5-7-18(21)9-10-27(22)17(3)28/h5-10,12-13,16,22H,4,11,14-15H2,1-3H3,(H,26,29)/t16-,22+/m0/s1. The molecule has 2 heterocycles. The second kappa shape index (κ2) is 8.84. The summed E-state index contributed by atoms with van der Waals surface area (Å²) < 4.78 is 11.7. The maximum atomic E-state index is 12.9. The van der Waals surface area contributed by atoms with Crippen molar-refractivity contribution in [3.63, 3.8) is 0 Å². The molecule has 2 aliphatic rings. The molecule has 0 aromatic heterocycles. The fraction of sp³-hybridized carbons (Fsp3) is 0.360. The Morgan fingerprint density at radius 3 is 2.84 bits per heavy atom. The van der Waals surface area contributed by atoms with E-state index in [4.69, 9.17) is 9.47 Å². The van der Waals surface area contributed by atoms with Crippen LogP contribution in [0.15, 0.2) is 42.6 Å². The number of nitrogens with one attached hydrogen (secondary N) is 1. The third-order valence-corrected chi connectivity index (χ3v) is 5.70. The van der Waals surface area contributed by atoms with Crippen LogP contribution in [0.4, 0.5) is 0 Å². The van der Waals surface area contributed by atoms with E-state index in [2.05, 4.69) is 5.32 Å². The SMILES string of the molecule is CCOc1cc2c(cc1CNC(=O)C[C@@H]1c3ccccc3C=CN1C(C)=O)O[C@@H](C)C2. The van der Waals surface area contributed by atoms with Gasteiger partial charge in [-0.2, -0.15) is 0 Å². The molecule has 2 aromatic rings. The number of benzene rings is 2. The third kappa shape index (κ3) is 4.43. The minimum Gasteiger partial charge on any atom is -0.494 e. The van der Waals surface area contributed by atoms with Crippen molar-refractivity contribution >= 4 is 17.9 Å².